The molecule has 2 aliphatic heterocycles. The lowest BCUT2D eigenvalue weighted by molar-refractivity contribution is -0.117. The van der Waals surface area contributed by atoms with Gasteiger partial charge in [0, 0.05) is 12.3 Å². The first-order valence-electron chi connectivity index (χ1n) is 7.95. The summed E-state index contributed by atoms with van der Waals surface area (Å²) < 4.78 is 5.66. The Labute approximate surface area is 128 Å². The van der Waals surface area contributed by atoms with E-state index in [1.165, 1.54) is 0 Å². The molecule has 0 bridgehead atoms. The highest BCUT2D eigenvalue weighted by atomic mass is 16.5. The molecule has 3 N–H and O–H groups in total. The normalized spacial score (nSPS) is 24.9. The largest absolute Gasteiger partial charge is 0.370 e. The topological polar surface area (TPSA) is 79.0 Å². The summed E-state index contributed by atoms with van der Waals surface area (Å²) in [5.74, 6) is 0.921. The Hall–Kier alpha value is -1.92. The summed E-state index contributed by atoms with van der Waals surface area (Å²) in [6.07, 6.45) is 4.13. The zero-order valence-electron chi connectivity index (χ0n) is 12.4. The maximum Gasteiger partial charge on any atom is 0.241 e. The minimum Gasteiger partial charge on any atom is -0.370 e. The Morgan fingerprint density at radius 3 is 3.05 bits per heavy atom. The van der Waals surface area contributed by atoms with Crippen LogP contribution in [-0.2, 0) is 9.53 Å². The maximum absolute atomic E-state index is 12.1. The predicted octanol–water partition coefficient (Wildman–Crippen LogP) is 2.10. The van der Waals surface area contributed by atoms with Crippen LogP contribution in [0.15, 0.2) is 18.2 Å². The molecular weight excluding hydrogens is 280 g/mol. The number of rotatable bonds is 3. The lowest BCUT2D eigenvalue weighted by atomic mass is 10.2. The first-order chi connectivity index (χ1) is 10.8. The van der Waals surface area contributed by atoms with Crippen molar-refractivity contribution in [2.75, 3.05) is 18.5 Å². The van der Waals surface area contributed by atoms with E-state index in [1.54, 1.807) is 0 Å². The van der Waals surface area contributed by atoms with E-state index < -0.39 is 0 Å². The number of hydrogen-bond donors (Lipinski definition) is 3. The molecule has 4 rings (SSSR count). The summed E-state index contributed by atoms with van der Waals surface area (Å²) in [5.41, 5.74) is 2.64. The number of carbonyl (C=O) groups is 1. The van der Waals surface area contributed by atoms with Crippen molar-refractivity contribution in [3.05, 3.63) is 24.0 Å². The first-order valence-corrected chi connectivity index (χ1v) is 7.95. The average molecular weight is 300 g/mol. The SMILES string of the molecule is O=C(Nc1ccc2nc(C3CCCO3)[nH]c2c1)C1CCCN1. The van der Waals surface area contributed by atoms with Crippen LogP contribution in [0.25, 0.3) is 11.0 Å². The molecule has 0 spiro atoms. The second-order valence-electron chi connectivity index (χ2n) is 5.99. The fraction of sp³-hybridized carbons (Fsp3) is 0.500. The van der Waals surface area contributed by atoms with Crippen LogP contribution in [0.3, 0.4) is 0 Å². The molecule has 2 unspecified atom stereocenters. The van der Waals surface area contributed by atoms with Crippen molar-refractivity contribution in [1.82, 2.24) is 15.3 Å². The van der Waals surface area contributed by atoms with Gasteiger partial charge in [0.05, 0.1) is 17.1 Å². The van der Waals surface area contributed by atoms with Crippen LogP contribution in [0, 0.1) is 0 Å². The molecule has 1 aromatic carbocycles. The van der Waals surface area contributed by atoms with E-state index in [-0.39, 0.29) is 18.1 Å². The van der Waals surface area contributed by atoms with Gasteiger partial charge < -0.3 is 20.4 Å². The lowest BCUT2D eigenvalue weighted by Crippen LogP contribution is -2.35. The van der Waals surface area contributed by atoms with Gasteiger partial charge in [-0.2, -0.15) is 0 Å². The molecule has 2 saturated heterocycles. The molecule has 1 amide bonds. The zero-order valence-corrected chi connectivity index (χ0v) is 12.4. The van der Waals surface area contributed by atoms with Crippen molar-refractivity contribution < 1.29 is 9.53 Å². The number of nitrogens with one attached hydrogen (secondary N) is 3. The number of aromatic nitrogens is 2. The van der Waals surface area contributed by atoms with Crippen LogP contribution < -0.4 is 10.6 Å². The van der Waals surface area contributed by atoms with Crippen LogP contribution in [0.2, 0.25) is 0 Å². The van der Waals surface area contributed by atoms with Crippen LogP contribution in [0.4, 0.5) is 5.69 Å². The van der Waals surface area contributed by atoms with Gasteiger partial charge >= 0.3 is 0 Å². The van der Waals surface area contributed by atoms with Crippen molar-refractivity contribution in [3.63, 3.8) is 0 Å². The Morgan fingerprint density at radius 2 is 2.27 bits per heavy atom. The zero-order chi connectivity index (χ0) is 14.9. The number of carbonyl (C=O) groups excluding carboxylic acids is 1. The number of amides is 1. The van der Waals surface area contributed by atoms with Gasteiger partial charge in [0.15, 0.2) is 0 Å². The smallest absolute Gasteiger partial charge is 0.241 e. The maximum atomic E-state index is 12.1. The fourth-order valence-corrected chi connectivity index (χ4v) is 3.19. The molecule has 3 heterocycles. The molecule has 2 atom stereocenters. The third-order valence-corrected chi connectivity index (χ3v) is 4.38. The molecule has 2 fully saturated rings. The third kappa shape index (κ3) is 2.60. The first kappa shape index (κ1) is 13.7. The summed E-state index contributed by atoms with van der Waals surface area (Å²) in [7, 11) is 0. The highest BCUT2D eigenvalue weighted by Gasteiger charge is 2.23. The van der Waals surface area contributed by atoms with Gasteiger partial charge in [-0.05, 0) is 50.4 Å². The number of fused-ring (bicyclic) bond motifs is 1. The molecule has 0 radical (unpaired) electrons. The number of anilines is 1. The van der Waals surface area contributed by atoms with Gasteiger partial charge in [-0.1, -0.05) is 0 Å². The van der Waals surface area contributed by atoms with Crippen molar-refractivity contribution >= 4 is 22.6 Å². The number of nitrogens with zero attached hydrogens (tertiary/aromatic N) is 1. The predicted molar refractivity (Wildman–Crippen MR) is 83.7 cm³/mol. The monoisotopic (exact) mass is 300 g/mol. The highest BCUT2D eigenvalue weighted by Crippen LogP contribution is 2.28. The van der Waals surface area contributed by atoms with E-state index in [4.69, 9.17) is 4.74 Å². The average Bonchev–Trinajstić information content (AvgIpc) is 3.26. The molecule has 1 aromatic heterocycles. The van der Waals surface area contributed by atoms with Gasteiger partial charge in [0.1, 0.15) is 11.9 Å². The van der Waals surface area contributed by atoms with Crippen LogP contribution in [0.5, 0.6) is 0 Å². The summed E-state index contributed by atoms with van der Waals surface area (Å²) in [6, 6.07) is 5.70. The van der Waals surface area contributed by atoms with Gasteiger partial charge in [0.2, 0.25) is 5.91 Å². The van der Waals surface area contributed by atoms with Gasteiger partial charge in [0.25, 0.3) is 0 Å². The number of H-pyrrole nitrogens is 1. The molecule has 22 heavy (non-hydrogen) atoms. The molecule has 116 valence electrons. The minimum absolute atomic E-state index is 0.0377. The Kier molecular flexibility index (Phi) is 3.56. The Bertz CT molecular complexity index is 685. The number of imidazole rings is 1. The van der Waals surface area contributed by atoms with Crippen LogP contribution in [0.1, 0.15) is 37.6 Å². The van der Waals surface area contributed by atoms with Crippen molar-refractivity contribution in [2.45, 2.75) is 37.8 Å². The highest BCUT2D eigenvalue weighted by molar-refractivity contribution is 5.96. The van der Waals surface area contributed by atoms with E-state index >= 15 is 0 Å². The molecule has 2 aromatic rings. The summed E-state index contributed by atoms with van der Waals surface area (Å²) in [5, 5.41) is 6.18. The van der Waals surface area contributed by atoms with E-state index in [0.29, 0.717) is 0 Å². The number of hydrogen-bond acceptors (Lipinski definition) is 4. The second kappa shape index (κ2) is 5.70. The third-order valence-electron chi connectivity index (χ3n) is 4.38. The van der Waals surface area contributed by atoms with E-state index in [1.807, 2.05) is 18.2 Å². The molecule has 6 heteroatoms. The fourth-order valence-electron chi connectivity index (χ4n) is 3.19. The molecule has 0 aliphatic carbocycles. The van der Waals surface area contributed by atoms with Crippen molar-refractivity contribution in [1.29, 1.82) is 0 Å². The molecule has 0 saturated carbocycles. The van der Waals surface area contributed by atoms with E-state index in [0.717, 1.165) is 61.4 Å². The van der Waals surface area contributed by atoms with Gasteiger partial charge in [-0.25, -0.2) is 4.98 Å². The molecule has 2 aliphatic rings. The van der Waals surface area contributed by atoms with E-state index in [9.17, 15) is 4.79 Å². The summed E-state index contributed by atoms with van der Waals surface area (Å²) in [6.45, 7) is 1.72. The Morgan fingerprint density at radius 1 is 1.32 bits per heavy atom. The van der Waals surface area contributed by atoms with E-state index in [2.05, 4.69) is 20.6 Å². The molecular formula is C16H20N4O2. The second-order valence-corrected chi connectivity index (χ2v) is 5.99. The molecule has 6 nitrogen and oxygen atoms in total. The number of aromatic amines is 1. The minimum atomic E-state index is -0.0695. The van der Waals surface area contributed by atoms with Crippen molar-refractivity contribution in [3.8, 4) is 0 Å². The number of benzene rings is 1. The number of ether oxygens (including phenoxy) is 1. The van der Waals surface area contributed by atoms with Gasteiger partial charge in [-0.15, -0.1) is 0 Å². The summed E-state index contributed by atoms with van der Waals surface area (Å²) >= 11 is 0. The lowest BCUT2D eigenvalue weighted by Gasteiger charge is -2.10. The van der Waals surface area contributed by atoms with Crippen LogP contribution >= 0.6 is 0 Å². The standard InChI is InChI=1S/C16H20N4O2/c21-16(12-3-1-7-17-12)18-10-5-6-11-13(9-10)20-15(19-11)14-4-2-8-22-14/h5-6,9,12,14,17H,1-4,7-8H2,(H,18,21)(H,19,20). The quantitative estimate of drug-likeness (QED) is 0.811. The van der Waals surface area contributed by atoms with Gasteiger partial charge in [-0.3, -0.25) is 4.79 Å². The van der Waals surface area contributed by atoms with Crippen molar-refractivity contribution in [2.24, 2.45) is 0 Å². The van der Waals surface area contributed by atoms with Crippen LogP contribution in [-0.4, -0.2) is 35.1 Å². The Balaban J connectivity index is 1.53. The summed E-state index contributed by atoms with van der Waals surface area (Å²) in [4.78, 5) is 20.1.